The summed E-state index contributed by atoms with van der Waals surface area (Å²) in [5.74, 6) is 1.57. The summed E-state index contributed by atoms with van der Waals surface area (Å²) in [6.07, 6.45) is 1.54. The summed E-state index contributed by atoms with van der Waals surface area (Å²) in [7, 11) is 1.65. The number of benzene rings is 2. The summed E-state index contributed by atoms with van der Waals surface area (Å²) in [4.78, 5) is 12.5. The first-order chi connectivity index (χ1) is 18.1. The van der Waals surface area contributed by atoms with E-state index in [-0.39, 0.29) is 12.2 Å². The lowest BCUT2D eigenvalue weighted by atomic mass is 9.90. The van der Waals surface area contributed by atoms with Crippen LogP contribution in [0, 0.1) is 0 Å². The van der Waals surface area contributed by atoms with Crippen LogP contribution in [0.15, 0.2) is 54.6 Å². The number of halogens is 1. The zero-order chi connectivity index (χ0) is 25.4. The number of pyridine rings is 1. The number of nitrogens with zero attached hydrogens (tertiary/aromatic N) is 2. The third-order valence-corrected chi connectivity index (χ3v) is 7.48. The Kier molecular flexibility index (Phi) is 6.40. The highest BCUT2D eigenvalue weighted by Crippen LogP contribution is 2.41. The molecule has 4 aromatic rings. The Labute approximate surface area is 219 Å². The van der Waals surface area contributed by atoms with Crippen molar-refractivity contribution in [1.29, 1.82) is 0 Å². The second-order valence-corrected chi connectivity index (χ2v) is 9.67. The number of aromatic amines is 1. The first-order valence-electron chi connectivity index (χ1n) is 12.4. The predicted molar refractivity (Wildman–Crippen MR) is 139 cm³/mol. The van der Waals surface area contributed by atoms with Gasteiger partial charge in [0.1, 0.15) is 23.7 Å². The molecule has 37 heavy (non-hydrogen) atoms. The lowest BCUT2D eigenvalue weighted by Gasteiger charge is -2.30. The minimum atomic E-state index is -0.424. The summed E-state index contributed by atoms with van der Waals surface area (Å²) in [6, 6.07) is 17.7. The summed E-state index contributed by atoms with van der Waals surface area (Å²) >= 11 is 6.61. The Bertz CT molecular complexity index is 1390. The lowest BCUT2D eigenvalue weighted by Crippen LogP contribution is -2.47. The molecule has 2 fully saturated rings. The van der Waals surface area contributed by atoms with Crippen molar-refractivity contribution in [3.05, 3.63) is 65.2 Å². The molecule has 0 aliphatic carbocycles. The molecule has 0 radical (unpaired) electrons. The standard InChI is InChI=1S/C28H28ClN3O5/c1-3-28-23(12-13-36-28)35-16-24(28)37-27-30-22-14-21(29)25(31-26(22)32-27)18-6-10-20(11-7-18)34-15-17-4-8-19(33-2)9-5-17/h4-11,14,23-24H,3,12-13,15-16H2,1-2H3,(H,30,31,32)/t23-,24?,28+/m1/s1. The van der Waals surface area contributed by atoms with E-state index in [1.165, 1.54) is 0 Å². The minimum absolute atomic E-state index is 0.0641. The van der Waals surface area contributed by atoms with E-state index in [0.29, 0.717) is 47.7 Å². The van der Waals surface area contributed by atoms with Crippen molar-refractivity contribution in [3.63, 3.8) is 0 Å². The lowest BCUT2D eigenvalue weighted by molar-refractivity contribution is -0.0715. The monoisotopic (exact) mass is 521 g/mol. The van der Waals surface area contributed by atoms with Crippen LogP contribution in [0.25, 0.3) is 22.4 Å². The molecule has 2 aromatic carbocycles. The van der Waals surface area contributed by atoms with Gasteiger partial charge in [-0.05, 0) is 60.9 Å². The molecule has 2 aliphatic heterocycles. The fraction of sp³-hybridized carbons (Fsp3) is 0.357. The number of hydrogen-bond donors (Lipinski definition) is 1. The number of ether oxygens (including phenoxy) is 5. The molecular weight excluding hydrogens is 494 g/mol. The molecule has 2 aromatic heterocycles. The van der Waals surface area contributed by atoms with Gasteiger partial charge in [-0.2, -0.15) is 4.98 Å². The van der Waals surface area contributed by atoms with Crippen molar-refractivity contribution in [2.75, 3.05) is 20.3 Å². The van der Waals surface area contributed by atoms with Gasteiger partial charge in [-0.3, -0.25) is 0 Å². The van der Waals surface area contributed by atoms with Gasteiger partial charge in [0.25, 0.3) is 6.01 Å². The topological polar surface area (TPSA) is 87.7 Å². The summed E-state index contributed by atoms with van der Waals surface area (Å²) in [5, 5.41) is 0.517. The van der Waals surface area contributed by atoms with E-state index in [1.54, 1.807) is 7.11 Å². The van der Waals surface area contributed by atoms with E-state index in [0.717, 1.165) is 35.5 Å². The smallest absolute Gasteiger partial charge is 0.296 e. The molecule has 8 nitrogen and oxygen atoms in total. The Balaban J connectivity index is 1.17. The molecule has 1 N–H and O–H groups in total. The molecule has 2 saturated heterocycles. The van der Waals surface area contributed by atoms with E-state index in [1.807, 2.05) is 54.6 Å². The maximum absolute atomic E-state index is 6.61. The van der Waals surface area contributed by atoms with E-state index >= 15 is 0 Å². The van der Waals surface area contributed by atoms with Crippen LogP contribution in [0.1, 0.15) is 25.3 Å². The Morgan fingerprint density at radius 2 is 1.86 bits per heavy atom. The SMILES string of the molecule is CC[C@]12OCC[C@H]1OCC2Oc1nc2nc(-c3ccc(OCc4ccc(OC)cc4)cc3)c(Cl)cc2[nH]1. The molecule has 2 aliphatic rings. The molecule has 0 bridgehead atoms. The van der Waals surface area contributed by atoms with E-state index < -0.39 is 5.60 Å². The van der Waals surface area contributed by atoms with Crippen molar-refractivity contribution >= 4 is 22.8 Å². The largest absolute Gasteiger partial charge is 0.497 e. The van der Waals surface area contributed by atoms with Crippen LogP contribution >= 0.6 is 11.6 Å². The van der Waals surface area contributed by atoms with Gasteiger partial charge in [0.2, 0.25) is 0 Å². The quantitative estimate of drug-likeness (QED) is 0.324. The summed E-state index contributed by atoms with van der Waals surface area (Å²) < 4.78 is 29.4. The van der Waals surface area contributed by atoms with Crippen molar-refractivity contribution in [1.82, 2.24) is 15.0 Å². The van der Waals surface area contributed by atoms with Crippen molar-refractivity contribution in [3.8, 4) is 28.8 Å². The Morgan fingerprint density at radius 3 is 2.62 bits per heavy atom. The van der Waals surface area contributed by atoms with Gasteiger partial charge in [0.15, 0.2) is 11.8 Å². The zero-order valence-electron chi connectivity index (χ0n) is 20.7. The van der Waals surface area contributed by atoms with Gasteiger partial charge in [-0.15, -0.1) is 0 Å². The molecule has 192 valence electrons. The molecule has 3 atom stereocenters. The first-order valence-corrected chi connectivity index (χ1v) is 12.8. The minimum Gasteiger partial charge on any atom is -0.497 e. The van der Waals surface area contributed by atoms with Gasteiger partial charge in [-0.1, -0.05) is 30.7 Å². The number of imidazole rings is 1. The highest BCUT2D eigenvalue weighted by Gasteiger charge is 2.56. The zero-order valence-corrected chi connectivity index (χ0v) is 21.5. The number of hydrogen-bond acceptors (Lipinski definition) is 7. The van der Waals surface area contributed by atoms with E-state index in [9.17, 15) is 0 Å². The molecule has 0 saturated carbocycles. The second kappa shape index (κ2) is 9.85. The van der Waals surface area contributed by atoms with Gasteiger partial charge in [0.05, 0.1) is 42.7 Å². The van der Waals surface area contributed by atoms with Gasteiger partial charge in [-0.25, -0.2) is 4.98 Å². The highest BCUT2D eigenvalue weighted by atomic mass is 35.5. The van der Waals surface area contributed by atoms with Crippen molar-refractivity contribution in [2.24, 2.45) is 0 Å². The molecule has 1 unspecified atom stereocenters. The normalized spacial score (nSPS) is 22.8. The average Bonchev–Trinajstić information content (AvgIpc) is 3.61. The molecule has 0 spiro atoms. The van der Waals surface area contributed by atoms with E-state index in [2.05, 4.69) is 16.9 Å². The molecule has 0 amide bonds. The fourth-order valence-electron chi connectivity index (χ4n) is 5.14. The number of nitrogens with one attached hydrogen (secondary N) is 1. The third kappa shape index (κ3) is 4.50. The van der Waals surface area contributed by atoms with Crippen molar-refractivity contribution in [2.45, 2.75) is 44.2 Å². The van der Waals surface area contributed by atoms with Crippen LogP contribution < -0.4 is 14.2 Å². The maximum Gasteiger partial charge on any atom is 0.296 e. The summed E-state index contributed by atoms with van der Waals surface area (Å²) in [6.45, 7) is 3.72. The number of fused-ring (bicyclic) bond motifs is 2. The number of methoxy groups -OCH3 is 1. The Hall–Kier alpha value is -3.33. The van der Waals surface area contributed by atoms with Crippen LogP contribution in [-0.4, -0.2) is 53.1 Å². The molecule has 6 rings (SSSR count). The predicted octanol–water partition coefficient (Wildman–Crippen LogP) is 5.58. The van der Waals surface area contributed by atoms with Crippen LogP contribution in [0.3, 0.4) is 0 Å². The molecule has 9 heteroatoms. The van der Waals surface area contributed by atoms with Crippen LogP contribution in [0.5, 0.6) is 17.5 Å². The van der Waals surface area contributed by atoms with Crippen LogP contribution in [0.4, 0.5) is 0 Å². The third-order valence-electron chi connectivity index (χ3n) is 7.19. The van der Waals surface area contributed by atoms with Gasteiger partial charge < -0.3 is 28.7 Å². The number of H-pyrrole nitrogens is 1. The average molecular weight is 522 g/mol. The maximum atomic E-state index is 6.61. The van der Waals surface area contributed by atoms with Crippen LogP contribution in [-0.2, 0) is 16.1 Å². The molecule has 4 heterocycles. The summed E-state index contributed by atoms with van der Waals surface area (Å²) in [5.41, 5.74) is 3.37. The molecular formula is C28H28ClN3O5. The van der Waals surface area contributed by atoms with E-state index in [4.69, 9.17) is 40.3 Å². The first kappa shape index (κ1) is 24.0. The van der Waals surface area contributed by atoms with Gasteiger partial charge >= 0.3 is 0 Å². The second-order valence-electron chi connectivity index (χ2n) is 9.27. The van der Waals surface area contributed by atoms with Crippen molar-refractivity contribution < 1.29 is 23.7 Å². The fourth-order valence-corrected chi connectivity index (χ4v) is 5.40. The number of rotatable bonds is 8. The number of aromatic nitrogens is 3. The Morgan fingerprint density at radius 1 is 1.08 bits per heavy atom. The van der Waals surface area contributed by atoms with Crippen LogP contribution in [0.2, 0.25) is 5.02 Å². The highest BCUT2D eigenvalue weighted by molar-refractivity contribution is 6.33. The van der Waals surface area contributed by atoms with Gasteiger partial charge in [0, 0.05) is 5.56 Å².